The summed E-state index contributed by atoms with van der Waals surface area (Å²) in [5, 5.41) is 16.8. The summed E-state index contributed by atoms with van der Waals surface area (Å²) in [6.07, 6.45) is 7.23. The number of pyridine rings is 1. The molecule has 9 nitrogen and oxygen atoms in total. The molecule has 3 N–H and O–H groups in total. The van der Waals surface area contributed by atoms with Crippen LogP contribution in [-0.2, 0) is 21.2 Å². The van der Waals surface area contributed by atoms with Gasteiger partial charge in [0, 0.05) is 30.5 Å². The molecular weight excluding hydrogens is 440 g/mol. The number of sulfone groups is 1. The first kappa shape index (κ1) is 24.2. The molecule has 0 spiro atoms. The van der Waals surface area contributed by atoms with E-state index in [1.165, 1.54) is 0 Å². The molecule has 10 heteroatoms. The second-order valence-corrected chi connectivity index (χ2v) is 10.0. The molecule has 0 atom stereocenters. The summed E-state index contributed by atoms with van der Waals surface area (Å²) in [6.45, 7) is 2.72. The van der Waals surface area contributed by atoms with Crippen molar-refractivity contribution in [3.8, 4) is 6.19 Å². The van der Waals surface area contributed by atoms with E-state index in [0.29, 0.717) is 32.2 Å². The van der Waals surface area contributed by atoms with Crippen molar-refractivity contribution in [2.24, 2.45) is 10.9 Å². The molecule has 0 unspecified atom stereocenters. The standard InChI is InChI=1S/C23H28N6O3S/c1-2-26-22(30)18-5-9-21(10-6-18)33(31,32)20-7-3-17(4-8-20)15-27-23(28-16-24)29-19-11-13-25-14-12-19/h3-4,7-8,11-14,18,21H,2,5-6,9-10,15H2,1H3,(H,26,30)(H2,25,27,28,29). The van der Waals surface area contributed by atoms with E-state index in [9.17, 15) is 13.2 Å². The monoisotopic (exact) mass is 468 g/mol. The first-order valence-corrected chi connectivity index (χ1v) is 12.5. The van der Waals surface area contributed by atoms with E-state index in [0.717, 1.165) is 11.3 Å². The predicted octanol–water partition coefficient (Wildman–Crippen LogP) is 2.59. The number of nitrogens with one attached hydrogen (secondary N) is 3. The van der Waals surface area contributed by atoms with Gasteiger partial charge in [0.1, 0.15) is 0 Å². The maximum absolute atomic E-state index is 13.1. The third-order valence-electron chi connectivity index (χ3n) is 5.62. The Balaban J connectivity index is 1.62. The van der Waals surface area contributed by atoms with Gasteiger partial charge in [-0.15, -0.1) is 0 Å². The third-order valence-corrected chi connectivity index (χ3v) is 7.90. The zero-order chi connectivity index (χ0) is 23.7. The molecule has 0 radical (unpaired) electrons. The third kappa shape index (κ3) is 6.52. The van der Waals surface area contributed by atoms with Crippen molar-refractivity contribution in [1.82, 2.24) is 15.6 Å². The van der Waals surface area contributed by atoms with Gasteiger partial charge in [0.2, 0.25) is 11.9 Å². The number of hydrogen-bond acceptors (Lipinski definition) is 6. The number of guanidine groups is 1. The van der Waals surface area contributed by atoms with Crippen molar-refractivity contribution in [3.05, 3.63) is 54.4 Å². The highest BCUT2D eigenvalue weighted by Crippen LogP contribution is 2.32. The minimum atomic E-state index is -3.46. The van der Waals surface area contributed by atoms with E-state index in [-0.39, 0.29) is 29.2 Å². The fourth-order valence-electron chi connectivity index (χ4n) is 3.84. The van der Waals surface area contributed by atoms with Crippen LogP contribution in [-0.4, -0.2) is 37.1 Å². The highest BCUT2D eigenvalue weighted by molar-refractivity contribution is 7.92. The Morgan fingerprint density at radius 3 is 2.39 bits per heavy atom. The van der Waals surface area contributed by atoms with Crippen LogP contribution < -0.4 is 16.0 Å². The van der Waals surface area contributed by atoms with Gasteiger partial charge in [-0.3, -0.25) is 15.1 Å². The van der Waals surface area contributed by atoms with E-state index in [1.54, 1.807) is 48.8 Å². The SMILES string of the molecule is CCNC(=O)C1CCC(S(=O)(=O)c2ccc(CN=C(NC#N)Nc3ccncc3)cc2)CC1. The smallest absolute Gasteiger partial charge is 0.223 e. The first-order valence-electron chi connectivity index (χ1n) is 10.9. The number of aliphatic imine (C=N–C) groups is 1. The minimum Gasteiger partial charge on any atom is -0.356 e. The lowest BCUT2D eigenvalue weighted by Crippen LogP contribution is -2.36. The number of hydrogen-bond donors (Lipinski definition) is 3. The summed E-state index contributed by atoms with van der Waals surface area (Å²) in [5.74, 6) is 0.194. The molecule has 2 aromatic rings. The molecule has 0 saturated heterocycles. The normalized spacial score (nSPS) is 18.7. The van der Waals surface area contributed by atoms with Gasteiger partial charge < -0.3 is 10.6 Å². The van der Waals surface area contributed by atoms with Crippen LogP contribution in [0.15, 0.2) is 58.7 Å². The molecule has 174 valence electrons. The molecule has 1 aliphatic rings. The summed E-state index contributed by atoms with van der Waals surface area (Å²) in [7, 11) is -3.46. The second kappa shape index (κ2) is 11.4. The number of anilines is 1. The summed E-state index contributed by atoms with van der Waals surface area (Å²) in [5.41, 5.74) is 1.54. The van der Waals surface area contributed by atoms with Gasteiger partial charge >= 0.3 is 0 Å². The number of carbonyl (C=O) groups excluding carboxylic acids is 1. The van der Waals surface area contributed by atoms with Crippen LogP contribution >= 0.6 is 0 Å². The largest absolute Gasteiger partial charge is 0.356 e. The van der Waals surface area contributed by atoms with Gasteiger partial charge in [0.05, 0.1) is 16.7 Å². The van der Waals surface area contributed by atoms with Gasteiger partial charge in [-0.2, -0.15) is 5.26 Å². The quantitative estimate of drug-likeness (QED) is 0.246. The minimum absolute atomic E-state index is 0.0157. The lowest BCUT2D eigenvalue weighted by atomic mass is 9.88. The molecule has 1 aromatic carbocycles. The molecule has 1 amide bonds. The zero-order valence-corrected chi connectivity index (χ0v) is 19.3. The number of nitrogens with zero attached hydrogens (tertiary/aromatic N) is 3. The molecule has 0 aliphatic heterocycles. The van der Waals surface area contributed by atoms with Crippen LogP contribution in [0.25, 0.3) is 0 Å². The van der Waals surface area contributed by atoms with Crippen LogP contribution in [0.2, 0.25) is 0 Å². The molecule has 1 aliphatic carbocycles. The van der Waals surface area contributed by atoms with E-state index in [1.807, 2.05) is 13.1 Å². The Kier molecular flexibility index (Phi) is 8.38. The second-order valence-electron chi connectivity index (χ2n) is 7.82. The summed E-state index contributed by atoms with van der Waals surface area (Å²) < 4.78 is 26.1. The van der Waals surface area contributed by atoms with E-state index in [2.05, 4.69) is 25.9 Å². The number of amides is 1. The van der Waals surface area contributed by atoms with Crippen molar-refractivity contribution >= 4 is 27.4 Å². The van der Waals surface area contributed by atoms with Gasteiger partial charge in [-0.1, -0.05) is 12.1 Å². The van der Waals surface area contributed by atoms with Crippen molar-refractivity contribution in [2.75, 3.05) is 11.9 Å². The van der Waals surface area contributed by atoms with Gasteiger partial charge in [-0.25, -0.2) is 13.4 Å². The zero-order valence-electron chi connectivity index (χ0n) is 18.5. The number of carbonyl (C=O) groups is 1. The number of rotatable bonds is 7. The Labute approximate surface area is 194 Å². The number of nitriles is 1. The van der Waals surface area contributed by atoms with Crippen molar-refractivity contribution < 1.29 is 13.2 Å². The Morgan fingerprint density at radius 1 is 1.12 bits per heavy atom. The van der Waals surface area contributed by atoms with Crippen molar-refractivity contribution in [2.45, 2.75) is 49.3 Å². The lowest BCUT2D eigenvalue weighted by Gasteiger charge is -2.27. The first-order chi connectivity index (χ1) is 15.9. The van der Waals surface area contributed by atoms with Gasteiger partial charge in [-0.05, 0) is 62.4 Å². The average Bonchev–Trinajstić information content (AvgIpc) is 2.84. The summed E-state index contributed by atoms with van der Waals surface area (Å²) in [6, 6.07) is 10.2. The highest BCUT2D eigenvalue weighted by Gasteiger charge is 2.34. The molecule has 1 fully saturated rings. The van der Waals surface area contributed by atoms with Crippen LogP contribution in [0, 0.1) is 17.4 Å². The van der Waals surface area contributed by atoms with E-state index < -0.39 is 15.1 Å². The average molecular weight is 469 g/mol. The molecule has 33 heavy (non-hydrogen) atoms. The van der Waals surface area contributed by atoms with Crippen LogP contribution in [0.5, 0.6) is 0 Å². The molecule has 1 saturated carbocycles. The molecule has 1 heterocycles. The molecule has 3 rings (SSSR count). The molecule has 0 bridgehead atoms. The highest BCUT2D eigenvalue weighted by atomic mass is 32.2. The van der Waals surface area contributed by atoms with Crippen LogP contribution in [0.4, 0.5) is 5.69 Å². The Hall–Kier alpha value is -3.45. The van der Waals surface area contributed by atoms with Gasteiger partial charge in [0.25, 0.3) is 0 Å². The molecule has 1 aromatic heterocycles. The fourth-order valence-corrected chi connectivity index (χ4v) is 5.63. The Morgan fingerprint density at radius 2 is 1.79 bits per heavy atom. The predicted molar refractivity (Wildman–Crippen MR) is 126 cm³/mol. The van der Waals surface area contributed by atoms with Crippen LogP contribution in [0.3, 0.4) is 0 Å². The van der Waals surface area contributed by atoms with Gasteiger partial charge in [0.15, 0.2) is 16.0 Å². The topological polar surface area (TPSA) is 136 Å². The maximum atomic E-state index is 13.1. The Bertz CT molecular complexity index is 1100. The lowest BCUT2D eigenvalue weighted by molar-refractivity contribution is -0.125. The summed E-state index contributed by atoms with van der Waals surface area (Å²) in [4.78, 5) is 20.6. The fraction of sp³-hybridized carbons (Fsp3) is 0.391. The van der Waals surface area contributed by atoms with E-state index in [4.69, 9.17) is 5.26 Å². The van der Waals surface area contributed by atoms with Crippen LogP contribution in [0.1, 0.15) is 38.2 Å². The number of benzene rings is 1. The van der Waals surface area contributed by atoms with Crippen molar-refractivity contribution in [1.29, 1.82) is 5.26 Å². The number of aromatic nitrogens is 1. The maximum Gasteiger partial charge on any atom is 0.223 e. The summed E-state index contributed by atoms with van der Waals surface area (Å²) >= 11 is 0. The van der Waals surface area contributed by atoms with E-state index >= 15 is 0 Å². The molecular formula is C23H28N6O3S. The van der Waals surface area contributed by atoms with Crippen molar-refractivity contribution in [3.63, 3.8) is 0 Å².